The zero-order chi connectivity index (χ0) is 23.5. The SMILES string of the molecule is C=CCN(c1ccccc1Cl)S(=O)(=O)c1cc(C(=O)N(C(C)C)C2CCCC2)ccc1Cl. The molecule has 1 amide bonds. The van der Waals surface area contributed by atoms with Gasteiger partial charge in [-0.1, -0.05) is 54.3 Å². The van der Waals surface area contributed by atoms with Gasteiger partial charge in [0.05, 0.1) is 22.3 Å². The molecule has 1 aliphatic rings. The number of hydrogen-bond donors (Lipinski definition) is 0. The third-order valence-electron chi connectivity index (χ3n) is 5.67. The smallest absolute Gasteiger partial charge is 0.266 e. The highest BCUT2D eigenvalue weighted by atomic mass is 35.5. The minimum Gasteiger partial charge on any atom is -0.333 e. The maximum atomic E-state index is 13.6. The van der Waals surface area contributed by atoms with Gasteiger partial charge < -0.3 is 4.90 Å². The Morgan fingerprint density at radius 3 is 2.38 bits per heavy atom. The van der Waals surface area contributed by atoms with E-state index in [2.05, 4.69) is 6.58 Å². The molecule has 3 rings (SSSR count). The lowest BCUT2D eigenvalue weighted by molar-refractivity contribution is 0.0613. The second-order valence-electron chi connectivity index (χ2n) is 8.17. The summed E-state index contributed by atoms with van der Waals surface area (Å²) in [6.07, 6.45) is 5.58. The van der Waals surface area contributed by atoms with E-state index in [4.69, 9.17) is 23.2 Å². The predicted octanol–water partition coefficient (Wildman–Crippen LogP) is 6.17. The molecule has 5 nitrogen and oxygen atoms in total. The van der Waals surface area contributed by atoms with E-state index < -0.39 is 10.0 Å². The first kappa shape index (κ1) is 24.6. The van der Waals surface area contributed by atoms with Gasteiger partial charge in [0.2, 0.25) is 0 Å². The Labute approximate surface area is 200 Å². The summed E-state index contributed by atoms with van der Waals surface area (Å²) in [6, 6.07) is 11.3. The van der Waals surface area contributed by atoms with Gasteiger partial charge in [-0.05, 0) is 57.0 Å². The van der Waals surface area contributed by atoms with Crippen molar-refractivity contribution in [3.8, 4) is 0 Å². The normalized spacial score (nSPS) is 14.5. The molecule has 0 unspecified atom stereocenters. The largest absolute Gasteiger partial charge is 0.333 e. The molecule has 8 heteroatoms. The lowest BCUT2D eigenvalue weighted by atomic mass is 10.1. The number of amides is 1. The predicted molar refractivity (Wildman–Crippen MR) is 131 cm³/mol. The van der Waals surface area contributed by atoms with Crippen molar-refractivity contribution < 1.29 is 13.2 Å². The topological polar surface area (TPSA) is 57.7 Å². The van der Waals surface area contributed by atoms with Crippen LogP contribution in [0.5, 0.6) is 0 Å². The van der Waals surface area contributed by atoms with Gasteiger partial charge in [-0.15, -0.1) is 6.58 Å². The molecule has 0 radical (unpaired) electrons. The lowest BCUT2D eigenvalue weighted by Gasteiger charge is -2.33. The second-order valence-corrected chi connectivity index (χ2v) is 10.8. The first-order chi connectivity index (χ1) is 15.2. The number of hydrogen-bond acceptors (Lipinski definition) is 3. The maximum absolute atomic E-state index is 13.6. The summed E-state index contributed by atoms with van der Waals surface area (Å²) in [5.74, 6) is -0.187. The Bertz CT molecular complexity index is 1100. The average molecular weight is 495 g/mol. The van der Waals surface area contributed by atoms with Crippen LogP contribution in [0.15, 0.2) is 60.0 Å². The molecule has 0 N–H and O–H groups in total. The van der Waals surface area contributed by atoms with Gasteiger partial charge in [0, 0.05) is 17.6 Å². The fourth-order valence-electron chi connectivity index (χ4n) is 4.20. The summed E-state index contributed by atoms with van der Waals surface area (Å²) >= 11 is 12.6. The van der Waals surface area contributed by atoms with Crippen molar-refractivity contribution in [2.45, 2.75) is 56.5 Å². The van der Waals surface area contributed by atoms with Gasteiger partial charge in [0.15, 0.2) is 0 Å². The van der Waals surface area contributed by atoms with Crippen molar-refractivity contribution in [3.63, 3.8) is 0 Å². The number of nitrogens with zero attached hydrogens (tertiary/aromatic N) is 2. The summed E-state index contributed by atoms with van der Waals surface area (Å²) in [4.78, 5) is 15.1. The van der Waals surface area contributed by atoms with Crippen molar-refractivity contribution in [3.05, 3.63) is 70.7 Å². The van der Waals surface area contributed by atoms with E-state index in [1.165, 1.54) is 18.2 Å². The molecule has 1 aliphatic carbocycles. The molecular weight excluding hydrogens is 467 g/mol. The third kappa shape index (κ3) is 4.98. The molecule has 0 aromatic heterocycles. The number of rotatable bonds is 8. The maximum Gasteiger partial charge on any atom is 0.266 e. The Kier molecular flexibility index (Phi) is 7.91. The fourth-order valence-corrected chi connectivity index (χ4v) is 6.45. The minimum absolute atomic E-state index is 0.000757. The summed E-state index contributed by atoms with van der Waals surface area (Å²) in [7, 11) is -4.12. The van der Waals surface area contributed by atoms with Crippen LogP contribution < -0.4 is 4.31 Å². The zero-order valence-electron chi connectivity index (χ0n) is 18.3. The minimum atomic E-state index is -4.12. The van der Waals surface area contributed by atoms with Gasteiger partial charge in [-0.3, -0.25) is 9.10 Å². The van der Waals surface area contributed by atoms with E-state index in [1.807, 2.05) is 18.7 Å². The first-order valence-corrected chi connectivity index (χ1v) is 12.9. The Morgan fingerprint density at radius 1 is 1.12 bits per heavy atom. The molecule has 0 saturated heterocycles. The summed E-state index contributed by atoms with van der Waals surface area (Å²) in [6.45, 7) is 7.63. The van der Waals surface area contributed by atoms with Crippen LogP contribution in [-0.4, -0.2) is 37.9 Å². The van der Waals surface area contributed by atoms with Crippen molar-refractivity contribution in [1.82, 2.24) is 4.90 Å². The average Bonchev–Trinajstić information content (AvgIpc) is 3.26. The first-order valence-electron chi connectivity index (χ1n) is 10.7. The summed E-state index contributed by atoms with van der Waals surface area (Å²) < 4.78 is 28.4. The lowest BCUT2D eigenvalue weighted by Crippen LogP contribution is -2.43. The van der Waals surface area contributed by atoms with Crippen molar-refractivity contribution in [2.75, 3.05) is 10.8 Å². The van der Waals surface area contributed by atoms with Gasteiger partial charge in [-0.25, -0.2) is 8.42 Å². The van der Waals surface area contributed by atoms with Crippen LogP contribution >= 0.6 is 23.2 Å². The number of para-hydroxylation sites is 1. The van der Waals surface area contributed by atoms with Crippen LogP contribution in [-0.2, 0) is 10.0 Å². The molecule has 2 aromatic rings. The number of halogens is 2. The molecule has 0 heterocycles. The van der Waals surface area contributed by atoms with E-state index in [0.29, 0.717) is 11.3 Å². The number of carbonyl (C=O) groups is 1. The van der Waals surface area contributed by atoms with E-state index in [-0.39, 0.29) is 39.5 Å². The Morgan fingerprint density at radius 2 is 1.78 bits per heavy atom. The van der Waals surface area contributed by atoms with E-state index in [1.54, 1.807) is 30.3 Å². The van der Waals surface area contributed by atoms with Gasteiger partial charge in [-0.2, -0.15) is 0 Å². The molecule has 0 atom stereocenters. The quantitative estimate of drug-likeness (QED) is 0.412. The Hall–Kier alpha value is -2.02. The van der Waals surface area contributed by atoms with Gasteiger partial charge in [0.25, 0.3) is 15.9 Å². The highest BCUT2D eigenvalue weighted by Crippen LogP contribution is 2.34. The molecular formula is C24H28Cl2N2O3S. The van der Waals surface area contributed by atoms with Crippen molar-refractivity contribution >= 4 is 44.8 Å². The molecule has 32 heavy (non-hydrogen) atoms. The van der Waals surface area contributed by atoms with Crippen LogP contribution in [0.4, 0.5) is 5.69 Å². The van der Waals surface area contributed by atoms with Crippen molar-refractivity contribution in [2.24, 2.45) is 0 Å². The van der Waals surface area contributed by atoms with Crippen LogP contribution in [0.1, 0.15) is 49.9 Å². The monoisotopic (exact) mass is 494 g/mol. The number of sulfonamides is 1. The highest BCUT2D eigenvalue weighted by Gasteiger charge is 2.32. The van der Waals surface area contributed by atoms with Crippen LogP contribution in [0.2, 0.25) is 10.0 Å². The van der Waals surface area contributed by atoms with E-state index in [9.17, 15) is 13.2 Å². The molecule has 0 spiro atoms. The molecule has 2 aromatic carbocycles. The zero-order valence-corrected chi connectivity index (χ0v) is 20.6. The second kappa shape index (κ2) is 10.3. The number of anilines is 1. The molecule has 0 bridgehead atoms. The molecule has 1 fully saturated rings. The van der Waals surface area contributed by atoms with Gasteiger partial charge >= 0.3 is 0 Å². The Balaban J connectivity index is 2.05. The molecule has 172 valence electrons. The molecule has 1 saturated carbocycles. The summed E-state index contributed by atoms with van der Waals surface area (Å²) in [5.41, 5.74) is 0.614. The highest BCUT2D eigenvalue weighted by molar-refractivity contribution is 7.93. The molecule has 0 aliphatic heterocycles. The van der Waals surface area contributed by atoms with Crippen LogP contribution in [0.25, 0.3) is 0 Å². The van der Waals surface area contributed by atoms with Crippen LogP contribution in [0.3, 0.4) is 0 Å². The number of benzene rings is 2. The van der Waals surface area contributed by atoms with Crippen molar-refractivity contribution in [1.29, 1.82) is 0 Å². The summed E-state index contributed by atoms with van der Waals surface area (Å²) in [5, 5.41) is 0.327. The van der Waals surface area contributed by atoms with E-state index in [0.717, 1.165) is 30.0 Å². The number of carbonyl (C=O) groups excluding carboxylic acids is 1. The van der Waals surface area contributed by atoms with E-state index >= 15 is 0 Å². The fraction of sp³-hybridized carbons (Fsp3) is 0.375. The van der Waals surface area contributed by atoms with Crippen LogP contribution in [0, 0.1) is 0 Å². The standard InChI is InChI=1S/C24H28Cl2N2O3S/c1-4-15-27(22-12-8-7-11-20(22)25)32(30,31)23-16-18(13-14-21(23)26)24(29)28(17(2)3)19-9-5-6-10-19/h4,7-8,11-14,16-17,19H,1,5-6,9-10,15H2,2-3H3. The van der Waals surface area contributed by atoms with Gasteiger partial charge in [0.1, 0.15) is 4.90 Å². The third-order valence-corrected chi connectivity index (χ3v) is 8.25.